The minimum absolute atomic E-state index is 0.167. The summed E-state index contributed by atoms with van der Waals surface area (Å²) in [5.74, 6) is -7.24. The summed E-state index contributed by atoms with van der Waals surface area (Å²) in [4.78, 5) is 75.2. The normalized spacial score (nSPS) is 14.8. The van der Waals surface area contributed by atoms with Gasteiger partial charge in [0.25, 0.3) is 0 Å². The number of benzene rings is 1. The Morgan fingerprint density at radius 1 is 0.897 bits per heavy atom. The summed E-state index contributed by atoms with van der Waals surface area (Å²) in [7, 11) is 0. The number of fused-ring (bicyclic) bond motifs is 1. The second kappa shape index (κ2) is 13.9. The molecule has 212 valence electrons. The van der Waals surface area contributed by atoms with E-state index in [9.17, 15) is 44.1 Å². The van der Waals surface area contributed by atoms with Gasteiger partial charge in [0.1, 0.15) is 12.1 Å². The number of para-hydroxylation sites is 1. The first-order valence-corrected chi connectivity index (χ1v) is 11.9. The molecule has 2 rings (SSSR count). The lowest BCUT2D eigenvalue weighted by Crippen LogP contribution is -2.59. The molecule has 0 aliphatic carbocycles. The van der Waals surface area contributed by atoms with Crippen molar-refractivity contribution in [1.29, 1.82) is 0 Å². The van der Waals surface area contributed by atoms with Crippen molar-refractivity contribution in [3.63, 3.8) is 0 Å². The third kappa shape index (κ3) is 9.08. The van der Waals surface area contributed by atoms with Crippen molar-refractivity contribution in [1.82, 2.24) is 20.9 Å². The number of carbonyl (C=O) groups is 6. The number of H-pyrrole nitrogens is 1. The summed E-state index contributed by atoms with van der Waals surface area (Å²) in [6.07, 6.45) is -1.68. The highest BCUT2D eigenvalue weighted by Crippen LogP contribution is 2.19. The maximum atomic E-state index is 13.1. The number of rotatable bonds is 15. The van der Waals surface area contributed by atoms with Gasteiger partial charge >= 0.3 is 17.9 Å². The molecule has 0 fully saturated rings. The second-order valence-electron chi connectivity index (χ2n) is 8.89. The third-order valence-electron chi connectivity index (χ3n) is 5.80. The average molecular weight is 550 g/mol. The van der Waals surface area contributed by atoms with Crippen LogP contribution >= 0.6 is 0 Å². The highest BCUT2D eigenvalue weighted by Gasteiger charge is 2.33. The Hall–Kier alpha value is -4.50. The lowest BCUT2D eigenvalue weighted by atomic mass is 10.0. The highest BCUT2D eigenvalue weighted by atomic mass is 16.4. The zero-order valence-corrected chi connectivity index (χ0v) is 20.9. The molecular formula is C24H31N5O10. The van der Waals surface area contributed by atoms with Gasteiger partial charge in [0.15, 0.2) is 6.04 Å². The van der Waals surface area contributed by atoms with Gasteiger partial charge in [0, 0.05) is 29.9 Å². The van der Waals surface area contributed by atoms with Gasteiger partial charge in [-0.2, -0.15) is 0 Å². The van der Waals surface area contributed by atoms with Crippen molar-refractivity contribution in [3.8, 4) is 0 Å². The van der Waals surface area contributed by atoms with Gasteiger partial charge in [-0.25, -0.2) is 4.79 Å². The van der Waals surface area contributed by atoms with Gasteiger partial charge < -0.3 is 47.1 Å². The van der Waals surface area contributed by atoms with Crippen LogP contribution in [-0.4, -0.2) is 91.3 Å². The Balaban J connectivity index is 2.31. The summed E-state index contributed by atoms with van der Waals surface area (Å²) in [6.45, 7) is 1.15. The van der Waals surface area contributed by atoms with Gasteiger partial charge in [0.2, 0.25) is 17.7 Å². The molecule has 0 aliphatic rings. The number of amides is 3. The van der Waals surface area contributed by atoms with Gasteiger partial charge in [0.05, 0.1) is 18.6 Å². The van der Waals surface area contributed by atoms with E-state index in [0.717, 1.165) is 12.4 Å². The Bertz CT molecular complexity index is 1230. The maximum absolute atomic E-state index is 13.1. The van der Waals surface area contributed by atoms with Crippen LogP contribution in [0.4, 0.5) is 0 Å². The molecule has 15 nitrogen and oxygen atoms in total. The molecule has 0 radical (unpaired) electrons. The fourth-order valence-electron chi connectivity index (χ4n) is 3.72. The molecule has 5 atom stereocenters. The molecule has 1 aromatic carbocycles. The number of carbonyl (C=O) groups excluding carboxylic acids is 3. The zero-order chi connectivity index (χ0) is 29.3. The fourth-order valence-corrected chi connectivity index (χ4v) is 3.72. The van der Waals surface area contributed by atoms with Gasteiger partial charge in [-0.1, -0.05) is 18.2 Å². The molecule has 39 heavy (non-hydrogen) atoms. The van der Waals surface area contributed by atoms with Crippen LogP contribution in [0.25, 0.3) is 10.9 Å². The molecule has 5 unspecified atom stereocenters. The number of hydrogen-bond acceptors (Lipinski definition) is 8. The Kier molecular flexibility index (Phi) is 10.9. The molecule has 0 aliphatic heterocycles. The number of aromatic amines is 1. The largest absolute Gasteiger partial charge is 0.481 e. The van der Waals surface area contributed by atoms with Crippen LogP contribution in [0, 0.1) is 0 Å². The van der Waals surface area contributed by atoms with E-state index in [1.54, 1.807) is 30.5 Å². The first-order valence-electron chi connectivity index (χ1n) is 11.9. The number of nitrogens with two attached hydrogens (primary N) is 1. The summed E-state index contributed by atoms with van der Waals surface area (Å²) in [5.41, 5.74) is 6.93. The third-order valence-corrected chi connectivity index (χ3v) is 5.80. The minimum atomic E-state index is -1.71. The van der Waals surface area contributed by atoms with Crippen LogP contribution in [0.15, 0.2) is 30.5 Å². The second-order valence-corrected chi connectivity index (χ2v) is 8.89. The first-order chi connectivity index (χ1) is 18.3. The number of aromatic nitrogens is 1. The van der Waals surface area contributed by atoms with Crippen LogP contribution in [0.3, 0.4) is 0 Å². The van der Waals surface area contributed by atoms with Crippen molar-refractivity contribution in [2.24, 2.45) is 5.73 Å². The highest BCUT2D eigenvalue weighted by molar-refractivity contribution is 5.96. The van der Waals surface area contributed by atoms with Crippen LogP contribution < -0.4 is 21.7 Å². The van der Waals surface area contributed by atoms with E-state index in [0.29, 0.717) is 10.9 Å². The molecule has 0 bridgehead atoms. The van der Waals surface area contributed by atoms with E-state index >= 15 is 0 Å². The van der Waals surface area contributed by atoms with Crippen LogP contribution in [0.5, 0.6) is 0 Å². The summed E-state index contributed by atoms with van der Waals surface area (Å²) in [6, 6.07) is 0.830. The maximum Gasteiger partial charge on any atom is 0.328 e. The molecule has 1 heterocycles. The average Bonchev–Trinajstić information content (AvgIpc) is 3.26. The number of carboxylic acids is 3. The smallest absolute Gasteiger partial charge is 0.328 e. The Morgan fingerprint density at radius 2 is 1.51 bits per heavy atom. The van der Waals surface area contributed by atoms with E-state index < -0.39 is 78.7 Å². The number of nitrogens with one attached hydrogen (secondary N) is 4. The number of hydrogen-bond donors (Lipinski definition) is 9. The molecule has 3 amide bonds. The predicted octanol–water partition coefficient (Wildman–Crippen LogP) is -1.70. The van der Waals surface area contributed by atoms with E-state index in [2.05, 4.69) is 20.9 Å². The Morgan fingerprint density at radius 3 is 2.10 bits per heavy atom. The quantitative estimate of drug-likeness (QED) is 0.121. The van der Waals surface area contributed by atoms with E-state index in [1.807, 2.05) is 0 Å². The summed E-state index contributed by atoms with van der Waals surface area (Å²) >= 11 is 0. The van der Waals surface area contributed by atoms with Crippen LogP contribution in [-0.2, 0) is 35.2 Å². The first kappa shape index (κ1) is 30.7. The molecular weight excluding hydrogens is 518 g/mol. The fraction of sp³-hybridized carbons (Fsp3) is 0.417. The lowest BCUT2D eigenvalue weighted by Gasteiger charge is -2.25. The van der Waals surface area contributed by atoms with Crippen molar-refractivity contribution in [2.75, 3.05) is 0 Å². The topological polar surface area (TPSA) is 261 Å². The van der Waals surface area contributed by atoms with Gasteiger partial charge in [-0.15, -0.1) is 0 Å². The number of aliphatic hydroxyl groups is 1. The number of aliphatic hydroxyl groups excluding tert-OH is 1. The van der Waals surface area contributed by atoms with Gasteiger partial charge in [-0.3, -0.25) is 24.0 Å². The van der Waals surface area contributed by atoms with Crippen molar-refractivity contribution in [2.45, 2.75) is 62.9 Å². The molecule has 0 saturated heterocycles. The van der Waals surface area contributed by atoms with E-state index in [1.165, 1.54) is 0 Å². The minimum Gasteiger partial charge on any atom is -0.481 e. The SMILES string of the molecule is CC(O)C(NC(=O)C(Cc1c[nH]c2ccccc12)NC(=O)C(CC(=O)O)NC(=O)C(N)CCC(=O)O)C(=O)O. The van der Waals surface area contributed by atoms with Crippen molar-refractivity contribution < 1.29 is 49.2 Å². The van der Waals surface area contributed by atoms with Crippen LogP contribution in [0.1, 0.15) is 31.7 Å². The summed E-state index contributed by atoms with van der Waals surface area (Å²) < 4.78 is 0. The van der Waals surface area contributed by atoms with Crippen molar-refractivity contribution in [3.05, 3.63) is 36.0 Å². The molecule has 1 aromatic heterocycles. The zero-order valence-electron chi connectivity index (χ0n) is 20.9. The molecule has 0 spiro atoms. The molecule has 10 N–H and O–H groups in total. The monoisotopic (exact) mass is 549 g/mol. The summed E-state index contributed by atoms with van der Waals surface area (Å²) in [5, 5.41) is 44.5. The number of carboxylic acid groups (broad SMARTS) is 3. The van der Waals surface area contributed by atoms with E-state index in [4.69, 9.17) is 10.8 Å². The molecule has 0 saturated carbocycles. The lowest BCUT2D eigenvalue weighted by molar-refractivity contribution is -0.145. The molecule has 15 heteroatoms. The van der Waals surface area contributed by atoms with Gasteiger partial charge in [-0.05, 0) is 25.0 Å². The molecule has 2 aromatic rings. The van der Waals surface area contributed by atoms with E-state index in [-0.39, 0.29) is 12.8 Å². The standard InChI is InChI=1S/C24H31N5O10/c1-11(30)20(24(38)39)29-23(37)16(8-12-10-26-15-5-3-2-4-13(12)15)28-22(36)17(9-19(33)34)27-21(35)14(25)6-7-18(31)32/h2-5,10-11,14,16-17,20,26,30H,6-9,25H2,1H3,(H,27,35)(H,28,36)(H,29,37)(H,31,32)(H,33,34)(H,38,39). The van der Waals surface area contributed by atoms with Crippen molar-refractivity contribution >= 4 is 46.5 Å². The number of aliphatic carboxylic acids is 3. The van der Waals surface area contributed by atoms with Crippen LogP contribution in [0.2, 0.25) is 0 Å². The predicted molar refractivity (Wildman–Crippen MR) is 134 cm³/mol. The Labute approximate surface area is 221 Å².